The van der Waals surface area contributed by atoms with Gasteiger partial charge in [-0.2, -0.15) is 0 Å². The average Bonchev–Trinajstić information content (AvgIpc) is 3.59. The average molecular weight is 667 g/mol. The van der Waals surface area contributed by atoms with Crippen molar-refractivity contribution in [1.29, 1.82) is 0 Å². The third-order valence-electron chi connectivity index (χ3n) is 12.7. The van der Waals surface area contributed by atoms with Crippen LogP contribution < -0.4 is 0 Å². The van der Waals surface area contributed by atoms with Crippen LogP contribution in [0.25, 0.3) is 33.4 Å². The fourth-order valence-corrected chi connectivity index (χ4v) is 10.0. The minimum atomic E-state index is 0.124. The van der Waals surface area contributed by atoms with Gasteiger partial charge in [0.2, 0.25) is 0 Å². The molecule has 0 unspecified atom stereocenters. The Bertz CT molecular complexity index is 1520. The van der Waals surface area contributed by atoms with Gasteiger partial charge in [0, 0.05) is 10.8 Å². The zero-order valence-corrected chi connectivity index (χ0v) is 32.2. The molecule has 2 aliphatic rings. The van der Waals surface area contributed by atoms with Gasteiger partial charge in [0.15, 0.2) is 0 Å². The lowest BCUT2D eigenvalue weighted by Gasteiger charge is -2.34. The summed E-state index contributed by atoms with van der Waals surface area (Å²) in [6, 6.07) is 34.1. The second kappa shape index (κ2) is 17.4. The molecule has 0 spiro atoms. The monoisotopic (exact) mass is 667 g/mol. The largest absolute Gasteiger partial charge is 0.0654 e. The van der Waals surface area contributed by atoms with Crippen molar-refractivity contribution in [2.75, 3.05) is 0 Å². The van der Waals surface area contributed by atoms with Crippen LogP contribution in [0, 0.1) is 0 Å². The van der Waals surface area contributed by atoms with E-state index in [0.29, 0.717) is 0 Å². The first-order chi connectivity index (χ1) is 24.6. The fourth-order valence-electron chi connectivity index (χ4n) is 10.0. The maximum absolute atomic E-state index is 2.66. The van der Waals surface area contributed by atoms with Crippen LogP contribution in [0.15, 0.2) is 84.9 Å². The molecule has 6 rings (SSSR count). The topological polar surface area (TPSA) is 0 Å². The van der Waals surface area contributed by atoms with Crippen LogP contribution >= 0.6 is 0 Å². The maximum Gasteiger partial charge on any atom is 0.0215 e. The molecule has 50 heavy (non-hydrogen) atoms. The summed E-state index contributed by atoms with van der Waals surface area (Å²) >= 11 is 0. The smallest absolute Gasteiger partial charge is 0.0215 e. The van der Waals surface area contributed by atoms with Crippen molar-refractivity contribution in [3.05, 3.63) is 107 Å². The molecule has 0 fully saturated rings. The predicted octanol–water partition coefficient (Wildman–Crippen LogP) is 15.8. The molecule has 0 nitrogen and oxygen atoms in total. The maximum atomic E-state index is 2.66. The lowest BCUT2D eigenvalue weighted by molar-refractivity contribution is 0.401. The molecule has 266 valence electrons. The SMILES string of the molecule is CCCCCCC1(CCCCCC)c2ccccc2-c2ccc(-c3ccc4c(c3)C(CCCCCC)(CCCCCC)c3ccccc3-4)cc21. The van der Waals surface area contributed by atoms with Gasteiger partial charge in [-0.25, -0.2) is 0 Å². The summed E-state index contributed by atoms with van der Waals surface area (Å²) in [6.45, 7) is 9.36. The van der Waals surface area contributed by atoms with Crippen LogP contribution in [0.1, 0.15) is 178 Å². The Morgan fingerprint density at radius 2 is 0.640 bits per heavy atom. The molecule has 0 heteroatoms. The van der Waals surface area contributed by atoms with Gasteiger partial charge in [0.1, 0.15) is 0 Å². The van der Waals surface area contributed by atoms with Gasteiger partial charge in [0.05, 0.1) is 0 Å². The van der Waals surface area contributed by atoms with Gasteiger partial charge in [-0.3, -0.25) is 0 Å². The Balaban J connectivity index is 1.43. The molecular weight excluding hydrogens is 601 g/mol. The lowest BCUT2D eigenvalue weighted by Crippen LogP contribution is -2.26. The van der Waals surface area contributed by atoms with Gasteiger partial charge in [-0.15, -0.1) is 0 Å². The Morgan fingerprint density at radius 1 is 0.320 bits per heavy atom. The molecule has 0 saturated heterocycles. The number of unbranched alkanes of at least 4 members (excludes halogenated alkanes) is 12. The van der Waals surface area contributed by atoms with Crippen molar-refractivity contribution >= 4 is 0 Å². The number of hydrogen-bond donors (Lipinski definition) is 0. The normalized spacial score (nSPS) is 14.7. The van der Waals surface area contributed by atoms with Gasteiger partial charge >= 0.3 is 0 Å². The molecule has 0 amide bonds. The Morgan fingerprint density at radius 3 is 0.980 bits per heavy atom. The van der Waals surface area contributed by atoms with E-state index < -0.39 is 0 Å². The van der Waals surface area contributed by atoms with Crippen molar-refractivity contribution in [2.24, 2.45) is 0 Å². The van der Waals surface area contributed by atoms with E-state index in [1.54, 1.807) is 22.3 Å². The highest BCUT2D eigenvalue weighted by atomic mass is 14.5. The van der Waals surface area contributed by atoms with Crippen LogP contribution in [0.2, 0.25) is 0 Å². The lowest BCUT2D eigenvalue weighted by atomic mass is 9.69. The summed E-state index contributed by atoms with van der Waals surface area (Å²) in [7, 11) is 0. The molecule has 4 aromatic rings. The van der Waals surface area contributed by atoms with Gasteiger partial charge < -0.3 is 0 Å². The minimum absolute atomic E-state index is 0.124. The summed E-state index contributed by atoms with van der Waals surface area (Å²) in [6.07, 6.45) is 26.2. The minimum Gasteiger partial charge on any atom is -0.0654 e. The van der Waals surface area contributed by atoms with Crippen molar-refractivity contribution in [3.63, 3.8) is 0 Å². The Labute approximate surface area is 306 Å². The van der Waals surface area contributed by atoms with Crippen LogP contribution in [-0.2, 0) is 10.8 Å². The van der Waals surface area contributed by atoms with E-state index in [-0.39, 0.29) is 10.8 Å². The van der Waals surface area contributed by atoms with E-state index in [1.807, 2.05) is 0 Å². The molecule has 0 aliphatic heterocycles. The van der Waals surface area contributed by atoms with Crippen molar-refractivity contribution in [1.82, 2.24) is 0 Å². The molecule has 0 heterocycles. The third kappa shape index (κ3) is 7.29. The first-order valence-corrected chi connectivity index (χ1v) is 21.1. The highest BCUT2D eigenvalue weighted by molar-refractivity contribution is 5.87. The Kier molecular flexibility index (Phi) is 12.8. The summed E-state index contributed by atoms with van der Waals surface area (Å²) in [5.41, 5.74) is 15.4. The standard InChI is InChI=1S/C50H66/c1-5-9-13-21-33-49(34-22-14-10-6-2)45-27-19-17-25-41(45)43-31-29-39(37-47(43)49)40-30-32-44-42-26-18-20-28-46(42)50(48(44)38-40,35-23-15-11-7-3)36-24-16-12-8-4/h17-20,25-32,37-38H,5-16,21-24,33-36H2,1-4H3. The second-order valence-corrected chi connectivity index (χ2v) is 16.0. The first-order valence-electron chi connectivity index (χ1n) is 21.1. The third-order valence-corrected chi connectivity index (χ3v) is 12.7. The van der Waals surface area contributed by atoms with Crippen molar-refractivity contribution < 1.29 is 0 Å². The highest BCUT2D eigenvalue weighted by Gasteiger charge is 2.44. The van der Waals surface area contributed by atoms with Crippen molar-refractivity contribution in [3.8, 4) is 33.4 Å². The number of rotatable bonds is 21. The molecule has 4 aromatic carbocycles. The van der Waals surface area contributed by atoms with E-state index in [2.05, 4.69) is 113 Å². The van der Waals surface area contributed by atoms with Gasteiger partial charge in [-0.1, -0.05) is 203 Å². The second-order valence-electron chi connectivity index (χ2n) is 16.0. The summed E-state index contributed by atoms with van der Waals surface area (Å²) < 4.78 is 0. The molecular formula is C50H66. The van der Waals surface area contributed by atoms with Crippen LogP contribution in [0.5, 0.6) is 0 Å². The first kappa shape index (κ1) is 36.7. The summed E-state index contributed by atoms with van der Waals surface area (Å²) in [5.74, 6) is 0. The number of fused-ring (bicyclic) bond motifs is 6. The molecule has 0 aromatic heterocycles. The molecule has 0 bridgehead atoms. The number of benzene rings is 4. The van der Waals surface area contributed by atoms with Crippen LogP contribution in [0.3, 0.4) is 0 Å². The highest BCUT2D eigenvalue weighted by Crippen LogP contribution is 2.57. The van der Waals surface area contributed by atoms with Gasteiger partial charge in [0.25, 0.3) is 0 Å². The van der Waals surface area contributed by atoms with Gasteiger partial charge in [-0.05, 0) is 93.5 Å². The Hall–Kier alpha value is -3.12. The zero-order chi connectivity index (χ0) is 34.8. The molecule has 0 atom stereocenters. The quantitative estimate of drug-likeness (QED) is 0.0776. The van der Waals surface area contributed by atoms with Crippen LogP contribution in [0.4, 0.5) is 0 Å². The summed E-state index contributed by atoms with van der Waals surface area (Å²) in [5, 5.41) is 0. The molecule has 0 saturated carbocycles. The van der Waals surface area contributed by atoms with E-state index in [0.717, 1.165) is 0 Å². The predicted molar refractivity (Wildman–Crippen MR) is 219 cm³/mol. The zero-order valence-electron chi connectivity index (χ0n) is 32.2. The van der Waals surface area contributed by atoms with Crippen molar-refractivity contribution in [2.45, 2.75) is 167 Å². The molecule has 0 radical (unpaired) electrons. The van der Waals surface area contributed by atoms with E-state index in [1.165, 1.54) is 162 Å². The van der Waals surface area contributed by atoms with E-state index in [9.17, 15) is 0 Å². The van der Waals surface area contributed by atoms with E-state index in [4.69, 9.17) is 0 Å². The van der Waals surface area contributed by atoms with E-state index >= 15 is 0 Å². The fraction of sp³-hybridized carbons (Fsp3) is 0.520. The van der Waals surface area contributed by atoms with Crippen LogP contribution in [-0.4, -0.2) is 0 Å². The number of hydrogen-bond acceptors (Lipinski definition) is 0. The summed E-state index contributed by atoms with van der Waals surface area (Å²) in [4.78, 5) is 0. The molecule has 2 aliphatic carbocycles. The molecule has 0 N–H and O–H groups in total.